The van der Waals surface area contributed by atoms with Crippen LogP contribution in [0.5, 0.6) is 0 Å². The Balaban J connectivity index is 2.13. The number of nitrogens with one attached hydrogen (secondary N) is 2. The van der Waals surface area contributed by atoms with E-state index in [1.165, 1.54) is 0 Å². The number of aromatic amines is 1. The number of hydrogen-bond acceptors (Lipinski definition) is 3. The Morgan fingerprint density at radius 1 is 1.28 bits per heavy atom. The van der Waals surface area contributed by atoms with Crippen molar-refractivity contribution in [1.82, 2.24) is 10.2 Å². The molecule has 18 heavy (non-hydrogen) atoms. The highest BCUT2D eigenvalue weighted by molar-refractivity contribution is 7.91. The summed E-state index contributed by atoms with van der Waals surface area (Å²) in [5, 5.41) is 6.49. The summed E-state index contributed by atoms with van der Waals surface area (Å²) in [4.78, 5) is 0. The van der Waals surface area contributed by atoms with E-state index >= 15 is 0 Å². The van der Waals surface area contributed by atoms with Crippen LogP contribution in [0.1, 0.15) is 18.1 Å². The van der Waals surface area contributed by atoms with Crippen molar-refractivity contribution in [2.24, 2.45) is 0 Å². The largest absolute Gasteiger partial charge is 0.267 e. The van der Waals surface area contributed by atoms with Crippen LogP contribution in [-0.2, 0) is 22.2 Å². The highest BCUT2D eigenvalue weighted by Crippen LogP contribution is 2.15. The fraction of sp³-hybridized carbons (Fsp3) is 0.250. The molecule has 2 N–H and O–H groups in total. The van der Waals surface area contributed by atoms with Crippen LogP contribution in [0.4, 0.5) is 5.82 Å². The van der Waals surface area contributed by atoms with E-state index in [1.54, 1.807) is 18.3 Å². The Hall–Kier alpha value is -1.82. The summed E-state index contributed by atoms with van der Waals surface area (Å²) in [5.74, 6) is 0.407. The van der Waals surface area contributed by atoms with Crippen LogP contribution in [0.3, 0.4) is 0 Å². The first-order chi connectivity index (χ1) is 8.61. The zero-order chi connectivity index (χ0) is 13.0. The minimum Gasteiger partial charge on any atom is -0.267 e. The number of H-pyrrole nitrogens is 1. The van der Waals surface area contributed by atoms with Crippen molar-refractivity contribution in [3.05, 3.63) is 47.7 Å². The normalized spacial score (nSPS) is 11.4. The van der Waals surface area contributed by atoms with Gasteiger partial charge in [0.25, 0.3) is 0 Å². The first-order valence-electron chi connectivity index (χ1n) is 5.67. The molecule has 0 spiro atoms. The average Bonchev–Trinajstić information content (AvgIpc) is 2.76. The second-order valence-corrected chi connectivity index (χ2v) is 5.69. The van der Waals surface area contributed by atoms with Crippen LogP contribution < -0.4 is 4.72 Å². The molecule has 0 radical (unpaired) electrons. The molecule has 0 unspecified atom stereocenters. The van der Waals surface area contributed by atoms with Crippen LogP contribution in [0, 0.1) is 0 Å². The maximum Gasteiger partial charge on any atom is 0.238 e. The zero-order valence-electron chi connectivity index (χ0n) is 10.1. The molecule has 6 heteroatoms. The standard InChI is InChI=1S/C12H15N3O2S/c1-2-11-8-13-14-12(11)15-18(16,17)9-10-6-4-3-5-7-10/h3-8H,2,9H2,1H3,(H2,13,14,15). The lowest BCUT2D eigenvalue weighted by Gasteiger charge is -2.07. The van der Waals surface area contributed by atoms with E-state index in [2.05, 4.69) is 14.9 Å². The SMILES string of the molecule is CCc1cn[nH]c1NS(=O)(=O)Cc1ccccc1. The highest BCUT2D eigenvalue weighted by Gasteiger charge is 2.14. The van der Waals surface area contributed by atoms with Gasteiger partial charge in [-0.05, 0) is 12.0 Å². The van der Waals surface area contributed by atoms with Gasteiger partial charge >= 0.3 is 0 Å². The third-order valence-electron chi connectivity index (χ3n) is 2.56. The second kappa shape index (κ2) is 5.22. The van der Waals surface area contributed by atoms with Gasteiger partial charge in [0.05, 0.1) is 11.9 Å². The van der Waals surface area contributed by atoms with Crippen molar-refractivity contribution in [2.45, 2.75) is 19.1 Å². The summed E-state index contributed by atoms with van der Waals surface area (Å²) in [6, 6.07) is 9.06. The molecule has 0 aliphatic rings. The maximum atomic E-state index is 12.0. The molecule has 0 aliphatic heterocycles. The molecule has 1 aromatic carbocycles. The number of rotatable bonds is 5. The number of aromatic nitrogens is 2. The van der Waals surface area contributed by atoms with Crippen molar-refractivity contribution >= 4 is 15.8 Å². The molecule has 0 amide bonds. The lowest BCUT2D eigenvalue weighted by atomic mass is 10.2. The summed E-state index contributed by atoms with van der Waals surface area (Å²) in [7, 11) is -3.41. The Bertz CT molecular complexity index is 605. The molecule has 96 valence electrons. The van der Waals surface area contributed by atoms with Crippen LogP contribution in [0.15, 0.2) is 36.5 Å². The Morgan fingerprint density at radius 2 is 2.00 bits per heavy atom. The van der Waals surface area contributed by atoms with Gasteiger partial charge in [-0.1, -0.05) is 37.3 Å². The topological polar surface area (TPSA) is 74.8 Å². The third kappa shape index (κ3) is 3.10. The lowest BCUT2D eigenvalue weighted by Crippen LogP contribution is -2.16. The molecule has 1 aromatic heterocycles. The van der Waals surface area contributed by atoms with Crippen LogP contribution >= 0.6 is 0 Å². The minimum absolute atomic E-state index is 0.0456. The number of sulfonamides is 1. The smallest absolute Gasteiger partial charge is 0.238 e. The van der Waals surface area contributed by atoms with Crippen molar-refractivity contribution in [2.75, 3.05) is 4.72 Å². The molecule has 5 nitrogen and oxygen atoms in total. The summed E-state index contributed by atoms with van der Waals surface area (Å²) >= 11 is 0. The molecule has 2 rings (SSSR count). The minimum atomic E-state index is -3.41. The molecule has 2 aromatic rings. The number of benzene rings is 1. The lowest BCUT2D eigenvalue weighted by molar-refractivity contribution is 0.600. The second-order valence-electron chi connectivity index (χ2n) is 3.97. The number of nitrogens with zero attached hydrogens (tertiary/aromatic N) is 1. The van der Waals surface area contributed by atoms with Gasteiger partial charge in [0.1, 0.15) is 5.82 Å². The molecule has 0 fully saturated rings. The van der Waals surface area contributed by atoms with Gasteiger partial charge in [-0.15, -0.1) is 0 Å². The van der Waals surface area contributed by atoms with E-state index in [-0.39, 0.29) is 5.75 Å². The van der Waals surface area contributed by atoms with Gasteiger partial charge in [-0.25, -0.2) is 8.42 Å². The molecular formula is C12H15N3O2S. The first-order valence-corrected chi connectivity index (χ1v) is 7.32. The van der Waals surface area contributed by atoms with E-state index in [4.69, 9.17) is 0 Å². The predicted molar refractivity (Wildman–Crippen MR) is 70.7 cm³/mol. The quantitative estimate of drug-likeness (QED) is 0.867. The van der Waals surface area contributed by atoms with Crippen LogP contribution in [-0.4, -0.2) is 18.6 Å². The molecule has 1 heterocycles. The van der Waals surface area contributed by atoms with Gasteiger partial charge in [0.15, 0.2) is 0 Å². The molecule has 0 aliphatic carbocycles. The zero-order valence-corrected chi connectivity index (χ0v) is 10.9. The van der Waals surface area contributed by atoms with E-state index in [0.717, 1.165) is 17.5 Å². The molecule has 0 bridgehead atoms. The van der Waals surface area contributed by atoms with Gasteiger partial charge < -0.3 is 0 Å². The van der Waals surface area contributed by atoms with Crippen molar-refractivity contribution in [1.29, 1.82) is 0 Å². The highest BCUT2D eigenvalue weighted by atomic mass is 32.2. The van der Waals surface area contributed by atoms with E-state index in [0.29, 0.717) is 5.82 Å². The Labute approximate surface area is 106 Å². The van der Waals surface area contributed by atoms with Gasteiger partial charge in [0, 0.05) is 5.56 Å². The maximum absolute atomic E-state index is 12.0. The van der Waals surface area contributed by atoms with E-state index < -0.39 is 10.0 Å². The Morgan fingerprint density at radius 3 is 2.67 bits per heavy atom. The molecule has 0 atom stereocenters. The van der Waals surface area contributed by atoms with Gasteiger partial charge in [-0.2, -0.15) is 5.10 Å². The van der Waals surface area contributed by atoms with Crippen LogP contribution in [0.25, 0.3) is 0 Å². The van der Waals surface area contributed by atoms with Crippen molar-refractivity contribution in [3.63, 3.8) is 0 Å². The van der Waals surface area contributed by atoms with E-state index in [1.807, 2.05) is 25.1 Å². The first kappa shape index (κ1) is 12.6. The van der Waals surface area contributed by atoms with Crippen LogP contribution in [0.2, 0.25) is 0 Å². The fourth-order valence-corrected chi connectivity index (χ4v) is 2.84. The monoisotopic (exact) mass is 265 g/mol. The van der Waals surface area contributed by atoms with Crippen molar-refractivity contribution in [3.8, 4) is 0 Å². The average molecular weight is 265 g/mol. The van der Waals surface area contributed by atoms with E-state index in [9.17, 15) is 8.42 Å². The molecule has 0 saturated heterocycles. The fourth-order valence-electron chi connectivity index (χ4n) is 1.65. The summed E-state index contributed by atoms with van der Waals surface area (Å²) in [5.41, 5.74) is 1.61. The predicted octanol–water partition coefficient (Wildman–Crippen LogP) is 1.91. The summed E-state index contributed by atoms with van der Waals surface area (Å²) < 4.78 is 26.5. The van der Waals surface area contributed by atoms with Crippen molar-refractivity contribution < 1.29 is 8.42 Å². The third-order valence-corrected chi connectivity index (χ3v) is 3.78. The van der Waals surface area contributed by atoms with Gasteiger partial charge in [0.2, 0.25) is 10.0 Å². The Kier molecular flexibility index (Phi) is 3.66. The number of hydrogen-bond donors (Lipinski definition) is 2. The number of aryl methyl sites for hydroxylation is 1. The molecule has 0 saturated carbocycles. The summed E-state index contributed by atoms with van der Waals surface area (Å²) in [6.07, 6.45) is 2.35. The number of anilines is 1. The summed E-state index contributed by atoms with van der Waals surface area (Å²) in [6.45, 7) is 1.94. The molecular weight excluding hydrogens is 250 g/mol. The van der Waals surface area contributed by atoms with Gasteiger partial charge in [-0.3, -0.25) is 9.82 Å².